The van der Waals surface area contributed by atoms with E-state index in [2.05, 4.69) is 30.2 Å². The van der Waals surface area contributed by atoms with Crippen LogP contribution in [-0.4, -0.2) is 90.6 Å². The molecule has 4 heterocycles. The Morgan fingerprint density at radius 1 is 1.08 bits per heavy atom. The Labute approximate surface area is 284 Å². The molecule has 1 saturated heterocycles. The summed E-state index contributed by atoms with van der Waals surface area (Å²) in [5.41, 5.74) is 0.930. The summed E-state index contributed by atoms with van der Waals surface area (Å²) in [4.78, 5) is 46.7. The van der Waals surface area contributed by atoms with Crippen LogP contribution >= 0.6 is 11.3 Å². The van der Waals surface area contributed by atoms with Gasteiger partial charge in [-0.2, -0.15) is 13.2 Å². The monoisotopic (exact) mass is 695 g/mol. The second-order valence-electron chi connectivity index (χ2n) is 13.0. The Morgan fingerprint density at radius 3 is 2.59 bits per heavy atom. The zero-order chi connectivity index (χ0) is 34.3. The molecule has 49 heavy (non-hydrogen) atoms. The van der Waals surface area contributed by atoms with Gasteiger partial charge in [0.25, 0.3) is 5.91 Å². The van der Waals surface area contributed by atoms with E-state index in [0.717, 1.165) is 46.8 Å². The first-order chi connectivity index (χ1) is 23.5. The Bertz CT molecular complexity index is 1830. The summed E-state index contributed by atoms with van der Waals surface area (Å²) in [6.45, 7) is 3.31. The fraction of sp³-hybridized carbons (Fsp3) is 0.471. The smallest absolute Gasteiger partial charge is 0.390 e. The molecule has 1 aliphatic heterocycles. The quantitative estimate of drug-likeness (QED) is 0.257. The standard InChI is InChI=1S/C34H36F3N7O4S/c1-19-17-43(32(47)24-4-3-9-38-30(24)34(35,36)37)10-11-44(19)23-12-21(13-23)31(46)42-33-41-25-8-7-20(14-28(25)49-33)22-15-39-29(40-16-22)18-48-27-6-2-5-26(27)45/h3-4,7-9,14-16,19,21,23,26-27,45H,2,5-6,10-13,17-18H2,1H3,(H,41,42,46)/t19-,21?,23?,26-,27-/m0/s1. The molecule has 2 N–H and O–H groups in total. The highest BCUT2D eigenvalue weighted by molar-refractivity contribution is 7.22. The lowest BCUT2D eigenvalue weighted by Crippen LogP contribution is -2.60. The van der Waals surface area contributed by atoms with Gasteiger partial charge in [0.1, 0.15) is 6.61 Å². The van der Waals surface area contributed by atoms with E-state index >= 15 is 0 Å². The molecule has 15 heteroatoms. The largest absolute Gasteiger partial charge is 0.434 e. The van der Waals surface area contributed by atoms with Crippen LogP contribution in [0.2, 0.25) is 0 Å². The number of rotatable bonds is 8. The minimum absolute atomic E-state index is 0.0722. The molecule has 2 aliphatic carbocycles. The fourth-order valence-electron chi connectivity index (χ4n) is 6.97. The third-order valence-electron chi connectivity index (χ3n) is 9.73. The lowest BCUT2D eigenvalue weighted by molar-refractivity contribution is -0.141. The lowest BCUT2D eigenvalue weighted by atomic mass is 9.78. The Balaban J connectivity index is 0.904. The number of amides is 2. The molecule has 0 spiro atoms. The first-order valence-corrected chi connectivity index (χ1v) is 17.2. The highest BCUT2D eigenvalue weighted by atomic mass is 32.1. The van der Waals surface area contributed by atoms with Crippen LogP contribution in [-0.2, 0) is 22.3 Å². The van der Waals surface area contributed by atoms with E-state index in [1.54, 1.807) is 12.4 Å². The van der Waals surface area contributed by atoms with Gasteiger partial charge in [-0.05, 0) is 68.9 Å². The first kappa shape index (κ1) is 33.4. The van der Waals surface area contributed by atoms with E-state index in [4.69, 9.17) is 4.74 Å². The van der Waals surface area contributed by atoms with Gasteiger partial charge in [0, 0.05) is 61.8 Å². The number of aromatic nitrogens is 4. The molecule has 0 bridgehead atoms. The number of carbonyl (C=O) groups excluding carboxylic acids is 2. The topological polar surface area (TPSA) is 134 Å². The van der Waals surface area contributed by atoms with Crippen molar-refractivity contribution in [2.75, 3.05) is 25.0 Å². The number of nitrogens with one attached hydrogen (secondary N) is 1. The number of aliphatic hydroxyl groups excluding tert-OH is 1. The summed E-state index contributed by atoms with van der Waals surface area (Å²) < 4.78 is 47.0. The van der Waals surface area contributed by atoms with Crippen LogP contribution in [0.1, 0.15) is 60.9 Å². The molecule has 3 atom stereocenters. The summed E-state index contributed by atoms with van der Waals surface area (Å²) in [5, 5.41) is 13.4. The van der Waals surface area contributed by atoms with Crippen LogP contribution in [0.3, 0.4) is 0 Å². The lowest BCUT2D eigenvalue weighted by Gasteiger charge is -2.49. The SMILES string of the molecule is C[C@H]1CN(C(=O)c2cccnc2C(F)(F)F)CCN1C1CC(C(=O)Nc2nc3ccc(-c4cnc(CO[C@H]5CCC[C@@H]5O)nc4)cc3s2)C1. The van der Waals surface area contributed by atoms with Gasteiger partial charge in [0.2, 0.25) is 5.91 Å². The van der Waals surface area contributed by atoms with Gasteiger partial charge >= 0.3 is 6.18 Å². The highest BCUT2D eigenvalue weighted by Gasteiger charge is 2.43. The van der Waals surface area contributed by atoms with Gasteiger partial charge in [0.15, 0.2) is 16.6 Å². The molecule has 3 fully saturated rings. The average Bonchev–Trinajstić information content (AvgIpc) is 3.67. The summed E-state index contributed by atoms with van der Waals surface area (Å²) in [6.07, 6.45) is 3.10. The van der Waals surface area contributed by atoms with Gasteiger partial charge < -0.3 is 20.1 Å². The van der Waals surface area contributed by atoms with E-state index in [1.807, 2.05) is 25.1 Å². The minimum atomic E-state index is -4.71. The van der Waals surface area contributed by atoms with E-state index in [-0.39, 0.29) is 36.6 Å². The molecule has 2 amide bonds. The molecule has 11 nitrogen and oxygen atoms in total. The Hall–Kier alpha value is -4.05. The highest BCUT2D eigenvalue weighted by Crippen LogP contribution is 2.37. The van der Waals surface area contributed by atoms with Crippen molar-refractivity contribution in [3.05, 3.63) is 66.0 Å². The van der Waals surface area contributed by atoms with Gasteiger partial charge in [-0.25, -0.2) is 15.0 Å². The van der Waals surface area contributed by atoms with E-state index < -0.39 is 29.4 Å². The summed E-state index contributed by atoms with van der Waals surface area (Å²) in [7, 11) is 0. The van der Waals surface area contributed by atoms with Crippen molar-refractivity contribution in [2.45, 2.75) is 76.1 Å². The maximum atomic E-state index is 13.4. The summed E-state index contributed by atoms with van der Waals surface area (Å²) in [6, 6.07) is 8.43. The first-order valence-electron chi connectivity index (χ1n) is 16.4. The maximum Gasteiger partial charge on any atom is 0.434 e. The molecular weight excluding hydrogens is 659 g/mol. The number of anilines is 1. The molecular formula is C34H36F3N7O4S. The number of thiazole rings is 1. The molecule has 7 rings (SSSR count). The number of alkyl halides is 3. The number of aliphatic hydroxyl groups is 1. The van der Waals surface area contributed by atoms with Crippen molar-refractivity contribution in [2.24, 2.45) is 5.92 Å². The van der Waals surface area contributed by atoms with Gasteiger partial charge in [-0.3, -0.25) is 19.5 Å². The molecule has 0 radical (unpaired) electrons. The van der Waals surface area contributed by atoms with Crippen molar-refractivity contribution in [1.29, 1.82) is 0 Å². The maximum absolute atomic E-state index is 13.4. The number of benzene rings is 1. The second-order valence-corrected chi connectivity index (χ2v) is 14.0. The Kier molecular flexibility index (Phi) is 9.35. The van der Waals surface area contributed by atoms with E-state index in [1.165, 1.54) is 28.4 Å². The fourth-order valence-corrected chi connectivity index (χ4v) is 7.88. The van der Waals surface area contributed by atoms with Crippen LogP contribution in [0.5, 0.6) is 0 Å². The average molecular weight is 696 g/mol. The number of fused-ring (bicyclic) bond motifs is 1. The summed E-state index contributed by atoms with van der Waals surface area (Å²) in [5.74, 6) is -0.389. The van der Waals surface area contributed by atoms with Crippen LogP contribution in [0.4, 0.5) is 18.3 Å². The van der Waals surface area contributed by atoms with Gasteiger partial charge in [-0.1, -0.05) is 17.4 Å². The zero-order valence-corrected chi connectivity index (χ0v) is 27.6. The van der Waals surface area contributed by atoms with E-state index in [0.29, 0.717) is 43.4 Å². The predicted octanol–water partition coefficient (Wildman–Crippen LogP) is 5.16. The number of hydrogen-bond acceptors (Lipinski definition) is 10. The number of pyridine rings is 1. The third-order valence-corrected chi connectivity index (χ3v) is 10.7. The van der Waals surface area contributed by atoms with Crippen molar-refractivity contribution in [3.63, 3.8) is 0 Å². The van der Waals surface area contributed by atoms with Crippen molar-refractivity contribution >= 4 is 38.5 Å². The molecule has 2 saturated carbocycles. The number of nitrogens with zero attached hydrogens (tertiary/aromatic N) is 6. The predicted molar refractivity (Wildman–Crippen MR) is 176 cm³/mol. The Morgan fingerprint density at radius 2 is 1.88 bits per heavy atom. The number of halogens is 3. The molecule has 4 aromatic rings. The normalized spacial score (nSPS) is 24.6. The zero-order valence-electron chi connectivity index (χ0n) is 26.8. The minimum Gasteiger partial charge on any atom is -0.390 e. The van der Waals surface area contributed by atoms with Gasteiger partial charge in [-0.15, -0.1) is 0 Å². The van der Waals surface area contributed by atoms with Crippen LogP contribution in [0, 0.1) is 5.92 Å². The van der Waals surface area contributed by atoms with E-state index in [9.17, 15) is 27.9 Å². The van der Waals surface area contributed by atoms with Crippen LogP contribution in [0.15, 0.2) is 48.9 Å². The third kappa shape index (κ3) is 7.16. The van der Waals surface area contributed by atoms with Crippen LogP contribution in [0.25, 0.3) is 21.3 Å². The number of ether oxygens (including phenoxy) is 1. The van der Waals surface area contributed by atoms with Gasteiger partial charge in [0.05, 0.1) is 28.0 Å². The molecule has 0 unspecified atom stereocenters. The number of piperazine rings is 1. The van der Waals surface area contributed by atoms with Crippen molar-refractivity contribution in [1.82, 2.24) is 29.7 Å². The summed E-state index contributed by atoms with van der Waals surface area (Å²) >= 11 is 1.39. The molecule has 3 aliphatic rings. The van der Waals surface area contributed by atoms with Crippen molar-refractivity contribution < 1.29 is 32.6 Å². The van der Waals surface area contributed by atoms with Crippen molar-refractivity contribution in [3.8, 4) is 11.1 Å². The molecule has 258 valence electrons. The molecule has 3 aromatic heterocycles. The number of hydrogen-bond donors (Lipinski definition) is 2. The second kappa shape index (κ2) is 13.7. The molecule has 1 aromatic carbocycles. The van der Waals surface area contributed by atoms with Crippen LogP contribution < -0.4 is 5.32 Å². The number of carbonyl (C=O) groups is 2.